The summed E-state index contributed by atoms with van der Waals surface area (Å²) in [4.78, 5) is 15.8. The van der Waals surface area contributed by atoms with Crippen LogP contribution in [0.1, 0.15) is 12.8 Å². The number of rotatable bonds is 3. The van der Waals surface area contributed by atoms with Crippen molar-refractivity contribution in [3.05, 3.63) is 30.6 Å². The number of amides is 1. The molecule has 0 bridgehead atoms. The van der Waals surface area contributed by atoms with Crippen LogP contribution in [0.15, 0.2) is 30.6 Å². The quantitative estimate of drug-likeness (QED) is 0.876. The third kappa shape index (κ3) is 2.63. The van der Waals surface area contributed by atoms with Gasteiger partial charge in [-0.3, -0.25) is 14.9 Å². The van der Waals surface area contributed by atoms with Gasteiger partial charge in [-0.2, -0.15) is 5.10 Å². The molecule has 2 N–H and O–H groups in total. The normalized spacial score (nSPS) is 18.4. The van der Waals surface area contributed by atoms with E-state index in [1.807, 2.05) is 12.1 Å². The van der Waals surface area contributed by atoms with E-state index in [0.29, 0.717) is 12.4 Å². The van der Waals surface area contributed by atoms with Gasteiger partial charge in [0.15, 0.2) is 5.82 Å². The number of aromatic amines is 1. The van der Waals surface area contributed by atoms with Crippen LogP contribution in [-0.4, -0.2) is 33.8 Å². The fourth-order valence-electron chi connectivity index (χ4n) is 2.06. The lowest BCUT2D eigenvalue weighted by Gasteiger charge is -2.07. The molecule has 1 amide bonds. The van der Waals surface area contributed by atoms with E-state index >= 15 is 0 Å². The summed E-state index contributed by atoms with van der Waals surface area (Å²) in [5, 5.41) is 9.71. The van der Waals surface area contributed by atoms with E-state index in [-0.39, 0.29) is 12.0 Å². The Balaban J connectivity index is 1.70. The predicted molar refractivity (Wildman–Crippen MR) is 69.4 cm³/mol. The van der Waals surface area contributed by atoms with E-state index in [9.17, 15) is 4.79 Å². The van der Waals surface area contributed by atoms with Crippen LogP contribution in [0.5, 0.6) is 0 Å². The minimum atomic E-state index is -0.346. The third-order valence-electron chi connectivity index (χ3n) is 3.04. The van der Waals surface area contributed by atoms with Crippen molar-refractivity contribution in [3.63, 3.8) is 0 Å². The van der Waals surface area contributed by atoms with Crippen LogP contribution < -0.4 is 5.32 Å². The Labute approximate surface area is 110 Å². The summed E-state index contributed by atoms with van der Waals surface area (Å²) >= 11 is 0. The molecule has 1 fully saturated rings. The number of nitrogens with one attached hydrogen (secondary N) is 2. The summed E-state index contributed by atoms with van der Waals surface area (Å²) in [5.74, 6) is 0.373. The molecule has 1 unspecified atom stereocenters. The Morgan fingerprint density at radius 3 is 3.00 bits per heavy atom. The molecular weight excluding hydrogens is 244 g/mol. The monoisotopic (exact) mass is 258 g/mol. The van der Waals surface area contributed by atoms with Crippen molar-refractivity contribution < 1.29 is 9.53 Å². The maximum absolute atomic E-state index is 11.9. The molecule has 3 heterocycles. The van der Waals surface area contributed by atoms with E-state index in [0.717, 1.165) is 24.1 Å². The largest absolute Gasteiger partial charge is 0.368 e. The molecule has 1 aliphatic rings. The number of hydrogen-bond acceptors (Lipinski definition) is 4. The number of aromatic nitrogens is 3. The Kier molecular flexibility index (Phi) is 3.24. The lowest BCUT2D eigenvalue weighted by atomic mass is 10.2. The fourth-order valence-corrected chi connectivity index (χ4v) is 2.06. The molecule has 1 atom stereocenters. The number of anilines is 1. The Morgan fingerprint density at radius 1 is 1.42 bits per heavy atom. The molecule has 3 rings (SSSR count). The summed E-state index contributed by atoms with van der Waals surface area (Å²) in [6, 6.07) is 5.54. The summed E-state index contributed by atoms with van der Waals surface area (Å²) in [6.07, 6.45) is 4.77. The van der Waals surface area contributed by atoms with Crippen molar-refractivity contribution in [2.75, 3.05) is 11.9 Å². The molecule has 98 valence electrons. The predicted octanol–water partition coefficient (Wildman–Crippen LogP) is 1.59. The maximum Gasteiger partial charge on any atom is 0.254 e. The van der Waals surface area contributed by atoms with E-state index < -0.39 is 0 Å². The zero-order chi connectivity index (χ0) is 13.1. The van der Waals surface area contributed by atoms with Gasteiger partial charge in [0.1, 0.15) is 6.10 Å². The van der Waals surface area contributed by atoms with Crippen molar-refractivity contribution in [2.45, 2.75) is 18.9 Å². The summed E-state index contributed by atoms with van der Waals surface area (Å²) in [6.45, 7) is 0.654. The van der Waals surface area contributed by atoms with Crippen LogP contribution >= 0.6 is 0 Å². The molecule has 0 radical (unpaired) electrons. The first kappa shape index (κ1) is 11.9. The highest BCUT2D eigenvalue weighted by molar-refractivity contribution is 5.93. The van der Waals surface area contributed by atoms with Crippen LogP contribution in [0.2, 0.25) is 0 Å². The molecule has 6 nitrogen and oxygen atoms in total. The highest BCUT2D eigenvalue weighted by atomic mass is 16.5. The molecule has 2 aromatic heterocycles. The number of ether oxygens (including phenoxy) is 1. The number of carbonyl (C=O) groups excluding carboxylic acids is 1. The molecule has 1 aliphatic heterocycles. The number of nitrogens with zero attached hydrogens (tertiary/aromatic N) is 2. The van der Waals surface area contributed by atoms with Crippen LogP contribution in [0.4, 0.5) is 5.82 Å². The van der Waals surface area contributed by atoms with Gasteiger partial charge in [-0.15, -0.1) is 0 Å². The second-order valence-electron chi connectivity index (χ2n) is 4.39. The highest BCUT2D eigenvalue weighted by Crippen LogP contribution is 2.19. The van der Waals surface area contributed by atoms with Gasteiger partial charge in [0.25, 0.3) is 5.91 Å². The smallest absolute Gasteiger partial charge is 0.254 e. The zero-order valence-electron chi connectivity index (χ0n) is 10.3. The molecule has 1 saturated heterocycles. The minimum Gasteiger partial charge on any atom is -0.368 e. The molecule has 0 aliphatic carbocycles. The van der Waals surface area contributed by atoms with Gasteiger partial charge >= 0.3 is 0 Å². The van der Waals surface area contributed by atoms with Crippen LogP contribution in [-0.2, 0) is 9.53 Å². The topological polar surface area (TPSA) is 79.9 Å². The number of pyridine rings is 1. The van der Waals surface area contributed by atoms with Gasteiger partial charge in [0.2, 0.25) is 0 Å². The van der Waals surface area contributed by atoms with Crippen molar-refractivity contribution in [1.82, 2.24) is 15.2 Å². The van der Waals surface area contributed by atoms with E-state index in [4.69, 9.17) is 4.74 Å². The number of carbonyl (C=O) groups is 1. The third-order valence-corrected chi connectivity index (χ3v) is 3.04. The first-order valence-corrected chi connectivity index (χ1v) is 6.21. The number of H-pyrrole nitrogens is 1. The van der Waals surface area contributed by atoms with Gasteiger partial charge < -0.3 is 10.1 Å². The van der Waals surface area contributed by atoms with Crippen LogP contribution in [0.3, 0.4) is 0 Å². The summed E-state index contributed by atoms with van der Waals surface area (Å²) < 4.78 is 5.32. The van der Waals surface area contributed by atoms with Crippen molar-refractivity contribution in [3.8, 4) is 11.3 Å². The van der Waals surface area contributed by atoms with E-state index in [1.54, 1.807) is 18.5 Å². The Hall–Kier alpha value is -2.21. The van der Waals surface area contributed by atoms with Crippen molar-refractivity contribution in [1.29, 1.82) is 0 Å². The van der Waals surface area contributed by atoms with E-state index in [1.165, 1.54) is 0 Å². The van der Waals surface area contributed by atoms with Gasteiger partial charge in [-0.25, -0.2) is 0 Å². The van der Waals surface area contributed by atoms with Gasteiger partial charge in [-0.1, -0.05) is 0 Å². The standard InChI is InChI=1S/C13H14N4O2/c18-13(11-2-1-7-19-11)15-12-8-10(16-17-12)9-3-5-14-6-4-9/h3-6,8,11H,1-2,7H2,(H2,15,16,17,18). The highest BCUT2D eigenvalue weighted by Gasteiger charge is 2.24. The first-order valence-electron chi connectivity index (χ1n) is 6.21. The average molecular weight is 258 g/mol. The molecule has 0 saturated carbocycles. The molecule has 6 heteroatoms. The molecular formula is C13H14N4O2. The summed E-state index contributed by atoms with van der Waals surface area (Å²) in [5.41, 5.74) is 1.81. The molecule has 0 spiro atoms. The van der Waals surface area contributed by atoms with Gasteiger partial charge in [0, 0.05) is 30.6 Å². The average Bonchev–Trinajstić information content (AvgIpc) is 3.11. The SMILES string of the molecule is O=C(Nc1cc(-c2ccncc2)[nH]n1)C1CCCO1. The maximum atomic E-state index is 11.9. The minimum absolute atomic E-state index is 0.134. The van der Waals surface area contributed by atoms with Crippen LogP contribution in [0, 0.1) is 0 Å². The number of hydrogen-bond donors (Lipinski definition) is 2. The zero-order valence-corrected chi connectivity index (χ0v) is 10.3. The second kappa shape index (κ2) is 5.19. The van der Waals surface area contributed by atoms with Gasteiger partial charge in [0.05, 0.1) is 5.69 Å². The Morgan fingerprint density at radius 2 is 2.26 bits per heavy atom. The summed E-state index contributed by atoms with van der Waals surface area (Å²) in [7, 11) is 0. The van der Waals surface area contributed by atoms with Crippen molar-refractivity contribution >= 4 is 11.7 Å². The lowest BCUT2D eigenvalue weighted by molar-refractivity contribution is -0.124. The van der Waals surface area contributed by atoms with Gasteiger partial charge in [-0.05, 0) is 25.0 Å². The lowest BCUT2D eigenvalue weighted by Crippen LogP contribution is -2.26. The first-order chi connectivity index (χ1) is 9.33. The molecule has 19 heavy (non-hydrogen) atoms. The van der Waals surface area contributed by atoms with E-state index in [2.05, 4.69) is 20.5 Å². The second-order valence-corrected chi connectivity index (χ2v) is 4.39. The molecule has 2 aromatic rings. The van der Waals surface area contributed by atoms with Crippen LogP contribution in [0.25, 0.3) is 11.3 Å². The Bertz CT molecular complexity index is 561. The fraction of sp³-hybridized carbons (Fsp3) is 0.308. The van der Waals surface area contributed by atoms with Crippen molar-refractivity contribution in [2.24, 2.45) is 0 Å². The molecule has 0 aromatic carbocycles.